The predicted molar refractivity (Wildman–Crippen MR) is 100 cm³/mol. The Morgan fingerprint density at radius 3 is 2.56 bits per heavy atom. The minimum absolute atomic E-state index is 0.170. The van der Waals surface area contributed by atoms with E-state index >= 15 is 0 Å². The highest BCUT2D eigenvalue weighted by molar-refractivity contribution is 9.10. The number of aromatic amines is 1. The van der Waals surface area contributed by atoms with Gasteiger partial charge in [0.1, 0.15) is 11.4 Å². The van der Waals surface area contributed by atoms with Gasteiger partial charge in [0.15, 0.2) is 0 Å². The van der Waals surface area contributed by atoms with E-state index in [1.807, 2.05) is 45.0 Å². The van der Waals surface area contributed by atoms with Gasteiger partial charge in [0.05, 0.1) is 31.1 Å². The van der Waals surface area contributed by atoms with Crippen LogP contribution in [0.3, 0.4) is 0 Å². The number of nitrogens with zero attached hydrogens (tertiary/aromatic N) is 2. The van der Waals surface area contributed by atoms with Crippen LogP contribution in [0.2, 0.25) is 0 Å². The van der Waals surface area contributed by atoms with Crippen LogP contribution in [0.25, 0.3) is 11.3 Å². The molecule has 7 heteroatoms. The zero-order valence-electron chi connectivity index (χ0n) is 14.9. The van der Waals surface area contributed by atoms with E-state index in [2.05, 4.69) is 25.9 Å². The van der Waals surface area contributed by atoms with Crippen molar-refractivity contribution in [2.24, 2.45) is 0 Å². The molecule has 0 aliphatic heterocycles. The maximum atomic E-state index is 12.4. The van der Waals surface area contributed by atoms with Gasteiger partial charge in [0, 0.05) is 4.47 Å². The second kappa shape index (κ2) is 8.01. The van der Waals surface area contributed by atoms with Crippen LogP contribution in [0.1, 0.15) is 33.5 Å². The smallest absolute Gasteiger partial charge is 0.410 e. The molecule has 0 aliphatic carbocycles. The number of nitrogens with one attached hydrogen (secondary N) is 1. The Balaban J connectivity index is 2.13. The van der Waals surface area contributed by atoms with Crippen LogP contribution in [-0.4, -0.2) is 44.3 Å². The van der Waals surface area contributed by atoms with Crippen LogP contribution in [0, 0.1) is 0 Å². The SMILES string of the molecule is CC(O)CN(Cc1ncc(-c2ccc(Br)cc2)[nH]1)C(=O)OC(C)(C)C. The predicted octanol–water partition coefficient (Wildman–Crippen LogP) is 3.96. The van der Waals surface area contributed by atoms with Crippen molar-refractivity contribution in [2.45, 2.75) is 45.9 Å². The second-order valence-electron chi connectivity index (χ2n) is 6.96. The molecule has 0 aliphatic rings. The van der Waals surface area contributed by atoms with Crippen LogP contribution in [0.15, 0.2) is 34.9 Å². The van der Waals surface area contributed by atoms with Crippen molar-refractivity contribution in [1.29, 1.82) is 0 Å². The summed E-state index contributed by atoms with van der Waals surface area (Å²) < 4.78 is 6.41. The molecule has 0 radical (unpaired) electrons. The van der Waals surface area contributed by atoms with Gasteiger partial charge >= 0.3 is 6.09 Å². The Morgan fingerprint density at radius 1 is 1.36 bits per heavy atom. The molecule has 6 nitrogen and oxygen atoms in total. The number of rotatable bonds is 5. The molecule has 0 bridgehead atoms. The van der Waals surface area contributed by atoms with Crippen molar-refractivity contribution in [3.8, 4) is 11.3 Å². The van der Waals surface area contributed by atoms with Crippen molar-refractivity contribution in [3.05, 3.63) is 40.8 Å². The third-order valence-corrected chi connectivity index (χ3v) is 3.79. The topological polar surface area (TPSA) is 78.5 Å². The van der Waals surface area contributed by atoms with Gasteiger partial charge < -0.3 is 14.8 Å². The Morgan fingerprint density at radius 2 is 2.00 bits per heavy atom. The Hall–Kier alpha value is -1.86. The Labute approximate surface area is 156 Å². The highest BCUT2D eigenvalue weighted by atomic mass is 79.9. The fraction of sp³-hybridized carbons (Fsp3) is 0.444. The molecule has 0 spiro atoms. The first-order chi connectivity index (χ1) is 11.6. The first-order valence-electron chi connectivity index (χ1n) is 8.10. The van der Waals surface area contributed by atoms with E-state index in [1.165, 1.54) is 4.90 Å². The number of carbonyl (C=O) groups excluding carboxylic acids is 1. The minimum Gasteiger partial charge on any atom is -0.444 e. The van der Waals surface area contributed by atoms with Crippen molar-refractivity contribution >= 4 is 22.0 Å². The van der Waals surface area contributed by atoms with E-state index in [-0.39, 0.29) is 13.1 Å². The fourth-order valence-electron chi connectivity index (χ4n) is 2.25. The monoisotopic (exact) mass is 409 g/mol. The Bertz CT molecular complexity index is 705. The molecule has 1 atom stereocenters. The van der Waals surface area contributed by atoms with Crippen molar-refractivity contribution in [3.63, 3.8) is 0 Å². The number of hydrogen-bond donors (Lipinski definition) is 2. The number of carbonyl (C=O) groups is 1. The van der Waals surface area contributed by atoms with E-state index in [0.717, 1.165) is 15.7 Å². The van der Waals surface area contributed by atoms with Crippen LogP contribution >= 0.6 is 15.9 Å². The number of amides is 1. The number of aliphatic hydroxyl groups excluding tert-OH is 1. The van der Waals surface area contributed by atoms with Gasteiger partial charge in [-0.05, 0) is 45.4 Å². The molecule has 1 aromatic carbocycles. The van der Waals surface area contributed by atoms with Crippen molar-refractivity contribution in [2.75, 3.05) is 6.54 Å². The van der Waals surface area contributed by atoms with E-state index in [9.17, 15) is 9.90 Å². The van der Waals surface area contributed by atoms with Crippen LogP contribution in [-0.2, 0) is 11.3 Å². The standard InChI is InChI=1S/C18H24BrN3O3/c1-12(23)10-22(17(24)25-18(2,3)4)11-16-20-9-15(21-16)13-5-7-14(19)8-6-13/h5-9,12,23H,10-11H2,1-4H3,(H,20,21). The average Bonchev–Trinajstić information content (AvgIpc) is 2.93. The van der Waals surface area contributed by atoms with Gasteiger partial charge in [0.25, 0.3) is 0 Å². The summed E-state index contributed by atoms with van der Waals surface area (Å²) in [5.41, 5.74) is 1.27. The van der Waals surface area contributed by atoms with Gasteiger partial charge in [-0.15, -0.1) is 0 Å². The summed E-state index contributed by atoms with van der Waals surface area (Å²) in [5, 5.41) is 9.67. The number of imidazole rings is 1. The molecule has 1 amide bonds. The molecule has 0 fully saturated rings. The zero-order valence-corrected chi connectivity index (χ0v) is 16.5. The molecule has 25 heavy (non-hydrogen) atoms. The maximum Gasteiger partial charge on any atom is 0.410 e. The van der Waals surface area contributed by atoms with E-state index in [4.69, 9.17) is 4.74 Å². The summed E-state index contributed by atoms with van der Waals surface area (Å²) in [5.74, 6) is 0.629. The third kappa shape index (κ3) is 6.17. The summed E-state index contributed by atoms with van der Waals surface area (Å²) in [7, 11) is 0. The number of hydrogen-bond acceptors (Lipinski definition) is 4. The van der Waals surface area contributed by atoms with Gasteiger partial charge in [-0.2, -0.15) is 0 Å². The first kappa shape index (κ1) is 19.5. The lowest BCUT2D eigenvalue weighted by Gasteiger charge is -2.27. The molecule has 136 valence electrons. The van der Waals surface area contributed by atoms with Gasteiger partial charge in [0.2, 0.25) is 0 Å². The van der Waals surface area contributed by atoms with E-state index in [0.29, 0.717) is 5.82 Å². The second-order valence-corrected chi connectivity index (χ2v) is 7.88. The van der Waals surface area contributed by atoms with Crippen molar-refractivity contribution < 1.29 is 14.6 Å². The van der Waals surface area contributed by atoms with Crippen LogP contribution in [0.5, 0.6) is 0 Å². The molecule has 0 saturated heterocycles. The lowest BCUT2D eigenvalue weighted by atomic mass is 10.2. The van der Waals surface area contributed by atoms with Gasteiger partial charge in [-0.3, -0.25) is 4.90 Å². The largest absolute Gasteiger partial charge is 0.444 e. The number of aromatic nitrogens is 2. The number of H-pyrrole nitrogens is 1. The average molecular weight is 410 g/mol. The molecule has 2 rings (SSSR count). The van der Waals surface area contributed by atoms with Gasteiger partial charge in [-0.1, -0.05) is 28.1 Å². The maximum absolute atomic E-state index is 12.4. The summed E-state index contributed by atoms with van der Waals surface area (Å²) in [6.45, 7) is 7.46. The lowest BCUT2D eigenvalue weighted by molar-refractivity contribution is 0.0137. The van der Waals surface area contributed by atoms with Crippen LogP contribution in [0.4, 0.5) is 4.79 Å². The number of benzene rings is 1. The number of aliphatic hydroxyl groups is 1. The summed E-state index contributed by atoms with van der Waals surface area (Å²) >= 11 is 3.41. The highest BCUT2D eigenvalue weighted by Crippen LogP contribution is 2.20. The number of ether oxygens (including phenoxy) is 1. The molecule has 0 saturated carbocycles. The van der Waals surface area contributed by atoms with Gasteiger partial charge in [-0.25, -0.2) is 9.78 Å². The van der Waals surface area contributed by atoms with Crippen molar-refractivity contribution in [1.82, 2.24) is 14.9 Å². The summed E-state index contributed by atoms with van der Waals surface area (Å²) in [6, 6.07) is 7.86. The molecule has 1 aromatic heterocycles. The highest BCUT2D eigenvalue weighted by Gasteiger charge is 2.24. The molecule has 1 heterocycles. The van der Waals surface area contributed by atoms with E-state index in [1.54, 1.807) is 13.1 Å². The normalized spacial score (nSPS) is 12.7. The Kier molecular flexibility index (Phi) is 6.24. The molecule has 1 unspecified atom stereocenters. The quantitative estimate of drug-likeness (QED) is 0.782. The first-order valence-corrected chi connectivity index (χ1v) is 8.89. The molecule has 2 aromatic rings. The number of halogens is 1. The zero-order chi connectivity index (χ0) is 18.6. The summed E-state index contributed by atoms with van der Waals surface area (Å²) in [6.07, 6.45) is 0.595. The van der Waals surface area contributed by atoms with E-state index < -0.39 is 17.8 Å². The lowest BCUT2D eigenvalue weighted by Crippen LogP contribution is -2.40. The minimum atomic E-state index is -0.659. The molecular formula is C18H24BrN3O3. The third-order valence-electron chi connectivity index (χ3n) is 3.26. The fourth-order valence-corrected chi connectivity index (χ4v) is 2.51. The summed E-state index contributed by atoms with van der Waals surface area (Å²) in [4.78, 5) is 21.4. The molecule has 2 N–H and O–H groups in total. The van der Waals surface area contributed by atoms with Crippen LogP contribution < -0.4 is 0 Å². The molecular weight excluding hydrogens is 386 g/mol.